The molecule has 8 heteroatoms. The lowest BCUT2D eigenvalue weighted by molar-refractivity contribution is -0.125. The van der Waals surface area contributed by atoms with Gasteiger partial charge in [-0.25, -0.2) is 15.0 Å². The number of hydrogen-bond acceptors (Lipinski definition) is 6. The van der Waals surface area contributed by atoms with Gasteiger partial charge in [-0.05, 0) is 38.0 Å². The van der Waals surface area contributed by atoms with Gasteiger partial charge in [-0.2, -0.15) is 0 Å². The van der Waals surface area contributed by atoms with Crippen molar-refractivity contribution in [2.45, 2.75) is 26.3 Å². The van der Waals surface area contributed by atoms with Crippen molar-refractivity contribution in [3.05, 3.63) is 57.6 Å². The van der Waals surface area contributed by atoms with E-state index in [2.05, 4.69) is 20.2 Å². The molecule has 0 atom stereocenters. The average molecular weight is 428 g/mol. The van der Waals surface area contributed by atoms with Crippen molar-refractivity contribution in [3.8, 4) is 11.3 Å². The van der Waals surface area contributed by atoms with Gasteiger partial charge in [0.25, 0.3) is 0 Å². The highest BCUT2D eigenvalue weighted by Crippen LogP contribution is 2.28. The lowest BCUT2D eigenvalue weighted by atomic mass is 9.96. The molecule has 1 saturated heterocycles. The summed E-state index contributed by atoms with van der Waals surface area (Å²) in [5, 5.41) is 4.68. The van der Waals surface area contributed by atoms with E-state index in [-0.39, 0.29) is 11.8 Å². The van der Waals surface area contributed by atoms with Crippen LogP contribution in [0.5, 0.6) is 0 Å². The van der Waals surface area contributed by atoms with Gasteiger partial charge in [-0.1, -0.05) is 23.7 Å². The number of halogens is 1. The molecule has 29 heavy (non-hydrogen) atoms. The van der Waals surface area contributed by atoms with Crippen LogP contribution in [0.4, 0.5) is 5.95 Å². The Kier molecular flexibility index (Phi) is 6.06. The summed E-state index contributed by atoms with van der Waals surface area (Å²) in [4.78, 5) is 29.2. The van der Waals surface area contributed by atoms with Gasteiger partial charge in [0, 0.05) is 46.9 Å². The Labute approximate surface area is 179 Å². The van der Waals surface area contributed by atoms with Gasteiger partial charge in [0.15, 0.2) is 0 Å². The monoisotopic (exact) mass is 427 g/mol. The Hall–Kier alpha value is -2.51. The van der Waals surface area contributed by atoms with E-state index in [4.69, 9.17) is 16.6 Å². The third-order valence-corrected chi connectivity index (χ3v) is 6.30. The van der Waals surface area contributed by atoms with E-state index >= 15 is 0 Å². The minimum atomic E-state index is 0.0201. The quantitative estimate of drug-likeness (QED) is 0.663. The minimum absolute atomic E-state index is 0.0201. The smallest absolute Gasteiger partial charge is 0.225 e. The molecule has 3 aromatic rings. The molecule has 1 N–H and O–H groups in total. The molecule has 0 radical (unpaired) electrons. The number of anilines is 1. The molecule has 1 aliphatic rings. The number of hydrogen-bond donors (Lipinski definition) is 1. The summed E-state index contributed by atoms with van der Waals surface area (Å²) in [5.41, 5.74) is 1.99. The maximum atomic E-state index is 12.6. The maximum absolute atomic E-state index is 12.6. The molecule has 1 aliphatic heterocycles. The molecule has 1 amide bonds. The Morgan fingerprint density at radius 1 is 1.21 bits per heavy atom. The second kappa shape index (κ2) is 8.88. The van der Waals surface area contributed by atoms with E-state index in [0.717, 1.165) is 53.0 Å². The number of nitrogens with zero attached hydrogens (tertiary/aromatic N) is 4. The van der Waals surface area contributed by atoms with Crippen molar-refractivity contribution >= 4 is 34.8 Å². The summed E-state index contributed by atoms with van der Waals surface area (Å²) in [6.45, 7) is 4.09. The summed E-state index contributed by atoms with van der Waals surface area (Å²) in [5.74, 6) is 0.852. The first-order valence-electron chi connectivity index (χ1n) is 9.62. The van der Waals surface area contributed by atoms with Gasteiger partial charge in [0.2, 0.25) is 11.9 Å². The van der Waals surface area contributed by atoms with Gasteiger partial charge < -0.3 is 10.2 Å². The molecular formula is C21H22ClN5OS. The number of aryl methyl sites for hydroxylation is 1. The molecule has 0 spiro atoms. The third-order valence-electron chi connectivity index (χ3n) is 5.07. The normalized spacial score (nSPS) is 14.8. The Balaban J connectivity index is 1.31. The van der Waals surface area contributed by atoms with Crippen LogP contribution in [0.3, 0.4) is 0 Å². The zero-order valence-corrected chi connectivity index (χ0v) is 17.7. The second-order valence-electron chi connectivity index (χ2n) is 7.05. The standard InChI is InChI=1S/C21H22ClN5OS/c1-14-19(15-3-5-17(22)6-4-15)26-18(29-14)13-25-20(28)16-7-11-27(12-8-16)21-23-9-2-10-24-21/h2-6,9-10,16H,7-8,11-13H2,1H3,(H,25,28). The molecule has 150 valence electrons. The Bertz CT molecular complexity index is 968. The summed E-state index contributed by atoms with van der Waals surface area (Å²) in [7, 11) is 0. The van der Waals surface area contributed by atoms with Crippen molar-refractivity contribution < 1.29 is 4.79 Å². The fraction of sp³-hybridized carbons (Fsp3) is 0.333. The van der Waals surface area contributed by atoms with Crippen LogP contribution in [-0.4, -0.2) is 33.9 Å². The van der Waals surface area contributed by atoms with Crippen LogP contribution < -0.4 is 10.2 Å². The number of nitrogens with one attached hydrogen (secondary N) is 1. The molecule has 6 nitrogen and oxygen atoms in total. The van der Waals surface area contributed by atoms with Crippen LogP contribution in [0, 0.1) is 12.8 Å². The molecule has 1 fully saturated rings. The van der Waals surface area contributed by atoms with Crippen LogP contribution >= 0.6 is 22.9 Å². The molecule has 4 rings (SSSR count). The number of carbonyl (C=O) groups excluding carboxylic acids is 1. The number of carbonyl (C=O) groups is 1. The van der Waals surface area contributed by atoms with Crippen LogP contribution in [-0.2, 0) is 11.3 Å². The highest BCUT2D eigenvalue weighted by atomic mass is 35.5. The van der Waals surface area contributed by atoms with E-state index in [1.54, 1.807) is 23.7 Å². The van der Waals surface area contributed by atoms with Crippen LogP contribution in [0.1, 0.15) is 22.7 Å². The molecular weight excluding hydrogens is 406 g/mol. The molecule has 0 saturated carbocycles. The van der Waals surface area contributed by atoms with E-state index in [0.29, 0.717) is 11.6 Å². The number of amides is 1. The fourth-order valence-electron chi connectivity index (χ4n) is 3.51. The van der Waals surface area contributed by atoms with Crippen molar-refractivity contribution in [2.24, 2.45) is 5.92 Å². The van der Waals surface area contributed by atoms with Crippen LogP contribution in [0.2, 0.25) is 5.02 Å². The average Bonchev–Trinajstić information content (AvgIpc) is 3.14. The van der Waals surface area contributed by atoms with Gasteiger partial charge >= 0.3 is 0 Å². The number of benzene rings is 1. The second-order valence-corrected chi connectivity index (χ2v) is 8.77. The van der Waals surface area contributed by atoms with Crippen molar-refractivity contribution in [2.75, 3.05) is 18.0 Å². The molecule has 3 heterocycles. The zero-order chi connectivity index (χ0) is 20.2. The highest BCUT2D eigenvalue weighted by molar-refractivity contribution is 7.12. The minimum Gasteiger partial charge on any atom is -0.349 e. The number of rotatable bonds is 5. The highest BCUT2D eigenvalue weighted by Gasteiger charge is 2.26. The lowest BCUT2D eigenvalue weighted by Gasteiger charge is -2.31. The summed E-state index contributed by atoms with van der Waals surface area (Å²) in [6, 6.07) is 9.48. The summed E-state index contributed by atoms with van der Waals surface area (Å²) in [6.07, 6.45) is 5.10. The van der Waals surface area contributed by atoms with Crippen LogP contribution in [0.25, 0.3) is 11.3 Å². The maximum Gasteiger partial charge on any atom is 0.225 e. The first-order chi connectivity index (χ1) is 14.1. The first-order valence-corrected chi connectivity index (χ1v) is 10.8. The largest absolute Gasteiger partial charge is 0.349 e. The fourth-order valence-corrected chi connectivity index (χ4v) is 4.53. The van der Waals surface area contributed by atoms with Gasteiger partial charge in [-0.15, -0.1) is 11.3 Å². The van der Waals surface area contributed by atoms with Crippen molar-refractivity contribution in [3.63, 3.8) is 0 Å². The number of aromatic nitrogens is 3. The summed E-state index contributed by atoms with van der Waals surface area (Å²) < 4.78 is 0. The lowest BCUT2D eigenvalue weighted by Crippen LogP contribution is -2.41. The SMILES string of the molecule is Cc1sc(CNC(=O)C2CCN(c3ncccn3)CC2)nc1-c1ccc(Cl)cc1. The van der Waals surface area contributed by atoms with E-state index in [1.165, 1.54) is 0 Å². The van der Waals surface area contributed by atoms with Crippen LogP contribution in [0.15, 0.2) is 42.7 Å². The van der Waals surface area contributed by atoms with Crippen molar-refractivity contribution in [1.29, 1.82) is 0 Å². The third kappa shape index (κ3) is 4.74. The van der Waals surface area contributed by atoms with Gasteiger partial charge in [0.1, 0.15) is 5.01 Å². The zero-order valence-electron chi connectivity index (χ0n) is 16.1. The summed E-state index contributed by atoms with van der Waals surface area (Å²) >= 11 is 7.59. The Morgan fingerprint density at radius 3 is 2.59 bits per heavy atom. The van der Waals surface area contributed by atoms with E-state index < -0.39 is 0 Å². The van der Waals surface area contributed by atoms with E-state index in [1.807, 2.05) is 37.3 Å². The molecule has 0 bridgehead atoms. The molecule has 2 aromatic heterocycles. The van der Waals surface area contributed by atoms with Gasteiger partial charge in [0.05, 0.1) is 12.2 Å². The predicted molar refractivity (Wildman–Crippen MR) is 116 cm³/mol. The number of piperidine rings is 1. The van der Waals surface area contributed by atoms with E-state index in [9.17, 15) is 4.79 Å². The molecule has 1 aromatic carbocycles. The predicted octanol–water partition coefficient (Wildman–Crippen LogP) is 4.09. The topological polar surface area (TPSA) is 71.0 Å². The van der Waals surface area contributed by atoms with Crippen molar-refractivity contribution in [1.82, 2.24) is 20.3 Å². The Morgan fingerprint density at radius 2 is 1.90 bits per heavy atom. The molecule has 0 unspecified atom stereocenters. The molecule has 0 aliphatic carbocycles. The van der Waals surface area contributed by atoms with Gasteiger partial charge in [-0.3, -0.25) is 4.79 Å². The number of thiazole rings is 1. The first kappa shape index (κ1) is 19.8.